The normalized spacial score (nSPS) is 10.5. The van der Waals surface area contributed by atoms with Crippen LogP contribution in [0.3, 0.4) is 0 Å². The summed E-state index contributed by atoms with van der Waals surface area (Å²) in [6, 6.07) is 9.07. The number of hydrogen-bond acceptors (Lipinski definition) is 3. The molecule has 2 N–H and O–H groups in total. The van der Waals surface area contributed by atoms with Gasteiger partial charge in [-0.25, -0.2) is 0 Å². The standard InChI is InChI=1S/C15H18N2O2/c1-4-12-13(18)9-14(19)16-15(12)10-5-7-11(8-6-10)17(2)3/h5-9H,4H2,1-3H3,(H2,16,18,19). The number of nitrogens with one attached hydrogen (secondary N) is 1. The summed E-state index contributed by atoms with van der Waals surface area (Å²) in [5, 5.41) is 9.85. The molecular weight excluding hydrogens is 240 g/mol. The smallest absolute Gasteiger partial charge is 0.252 e. The van der Waals surface area contributed by atoms with E-state index in [-0.39, 0.29) is 11.3 Å². The molecule has 0 amide bonds. The lowest BCUT2D eigenvalue weighted by Crippen LogP contribution is -2.09. The molecule has 0 spiro atoms. The second-order valence-electron chi connectivity index (χ2n) is 4.67. The van der Waals surface area contributed by atoms with E-state index in [0.29, 0.717) is 12.1 Å². The Kier molecular flexibility index (Phi) is 3.60. The predicted molar refractivity (Wildman–Crippen MR) is 77.9 cm³/mol. The molecule has 0 aliphatic rings. The molecule has 1 heterocycles. The zero-order valence-electron chi connectivity index (χ0n) is 11.4. The fraction of sp³-hybridized carbons (Fsp3) is 0.267. The maximum atomic E-state index is 11.5. The zero-order chi connectivity index (χ0) is 14.0. The van der Waals surface area contributed by atoms with Gasteiger partial charge >= 0.3 is 0 Å². The Balaban J connectivity index is 2.55. The third-order valence-corrected chi connectivity index (χ3v) is 3.15. The molecule has 100 valence electrons. The van der Waals surface area contributed by atoms with Crippen molar-refractivity contribution in [1.29, 1.82) is 0 Å². The van der Waals surface area contributed by atoms with Crippen LogP contribution in [-0.2, 0) is 6.42 Å². The molecule has 2 rings (SSSR count). The van der Waals surface area contributed by atoms with Crippen LogP contribution < -0.4 is 10.5 Å². The number of benzene rings is 1. The first kappa shape index (κ1) is 13.2. The van der Waals surface area contributed by atoms with E-state index in [4.69, 9.17) is 0 Å². The van der Waals surface area contributed by atoms with Crippen molar-refractivity contribution in [1.82, 2.24) is 4.98 Å². The lowest BCUT2D eigenvalue weighted by molar-refractivity contribution is 0.467. The maximum absolute atomic E-state index is 11.5. The third kappa shape index (κ3) is 2.62. The summed E-state index contributed by atoms with van der Waals surface area (Å²) in [5.74, 6) is 0.0536. The molecule has 0 fully saturated rings. The second kappa shape index (κ2) is 5.18. The van der Waals surface area contributed by atoms with Crippen molar-refractivity contribution in [2.24, 2.45) is 0 Å². The average Bonchev–Trinajstić information content (AvgIpc) is 2.38. The quantitative estimate of drug-likeness (QED) is 0.888. The minimum Gasteiger partial charge on any atom is -0.507 e. The van der Waals surface area contributed by atoms with E-state index >= 15 is 0 Å². The minimum absolute atomic E-state index is 0.0536. The van der Waals surface area contributed by atoms with Crippen LogP contribution in [0.1, 0.15) is 12.5 Å². The monoisotopic (exact) mass is 258 g/mol. The van der Waals surface area contributed by atoms with E-state index < -0.39 is 0 Å². The summed E-state index contributed by atoms with van der Waals surface area (Å²) < 4.78 is 0. The highest BCUT2D eigenvalue weighted by Gasteiger charge is 2.10. The van der Waals surface area contributed by atoms with Gasteiger partial charge in [-0.1, -0.05) is 19.1 Å². The molecule has 0 saturated carbocycles. The molecule has 1 aromatic carbocycles. The van der Waals surface area contributed by atoms with Crippen molar-refractivity contribution in [3.8, 4) is 17.0 Å². The summed E-state index contributed by atoms with van der Waals surface area (Å²) in [7, 11) is 3.95. The first-order valence-electron chi connectivity index (χ1n) is 6.26. The molecule has 0 unspecified atom stereocenters. The number of nitrogens with zero attached hydrogens (tertiary/aromatic N) is 1. The predicted octanol–water partition coefficient (Wildman–Crippen LogP) is 2.38. The van der Waals surface area contributed by atoms with Gasteiger partial charge in [0.1, 0.15) is 5.75 Å². The van der Waals surface area contributed by atoms with Crippen LogP contribution >= 0.6 is 0 Å². The molecular formula is C15H18N2O2. The Morgan fingerprint density at radius 2 is 1.84 bits per heavy atom. The van der Waals surface area contributed by atoms with Gasteiger partial charge in [0.2, 0.25) is 0 Å². The molecule has 19 heavy (non-hydrogen) atoms. The number of rotatable bonds is 3. The van der Waals surface area contributed by atoms with Gasteiger partial charge in [-0.2, -0.15) is 0 Å². The van der Waals surface area contributed by atoms with Crippen molar-refractivity contribution in [3.05, 3.63) is 46.2 Å². The minimum atomic E-state index is -0.290. The van der Waals surface area contributed by atoms with Gasteiger partial charge in [-0.05, 0) is 24.1 Å². The largest absolute Gasteiger partial charge is 0.507 e. The number of aromatic hydroxyl groups is 1. The first-order valence-corrected chi connectivity index (χ1v) is 6.26. The van der Waals surface area contributed by atoms with Crippen LogP contribution in [0, 0.1) is 0 Å². The third-order valence-electron chi connectivity index (χ3n) is 3.15. The van der Waals surface area contributed by atoms with Gasteiger partial charge in [0.15, 0.2) is 0 Å². The van der Waals surface area contributed by atoms with Crippen LogP contribution in [0.2, 0.25) is 0 Å². The van der Waals surface area contributed by atoms with Crippen LogP contribution in [0.5, 0.6) is 5.75 Å². The number of anilines is 1. The van der Waals surface area contributed by atoms with Crippen molar-refractivity contribution in [2.75, 3.05) is 19.0 Å². The number of aromatic nitrogens is 1. The van der Waals surface area contributed by atoms with Crippen molar-refractivity contribution < 1.29 is 5.11 Å². The van der Waals surface area contributed by atoms with Crippen molar-refractivity contribution in [3.63, 3.8) is 0 Å². The van der Waals surface area contributed by atoms with Crippen molar-refractivity contribution >= 4 is 5.69 Å². The Hall–Kier alpha value is -2.23. The lowest BCUT2D eigenvalue weighted by atomic mass is 10.0. The number of hydrogen-bond donors (Lipinski definition) is 2. The second-order valence-corrected chi connectivity index (χ2v) is 4.67. The zero-order valence-corrected chi connectivity index (χ0v) is 11.4. The topological polar surface area (TPSA) is 56.3 Å². The van der Waals surface area contributed by atoms with Gasteiger partial charge in [0.25, 0.3) is 5.56 Å². The van der Waals surface area contributed by atoms with Crippen molar-refractivity contribution in [2.45, 2.75) is 13.3 Å². The summed E-state index contributed by atoms with van der Waals surface area (Å²) in [4.78, 5) is 16.3. The van der Waals surface area contributed by atoms with Gasteiger partial charge in [0.05, 0.1) is 5.69 Å². The van der Waals surface area contributed by atoms with E-state index in [0.717, 1.165) is 16.8 Å². The molecule has 0 aliphatic carbocycles. The SMILES string of the molecule is CCc1c(O)cc(=O)[nH]c1-c1ccc(N(C)C)cc1. The molecule has 2 aromatic rings. The van der Waals surface area contributed by atoms with Crippen LogP contribution in [0.25, 0.3) is 11.3 Å². The fourth-order valence-corrected chi connectivity index (χ4v) is 2.10. The lowest BCUT2D eigenvalue weighted by Gasteiger charge is -2.14. The average molecular weight is 258 g/mol. The number of aromatic amines is 1. The molecule has 0 radical (unpaired) electrons. The summed E-state index contributed by atoms with van der Waals surface area (Å²) in [6.07, 6.45) is 0.660. The van der Waals surface area contributed by atoms with Gasteiger partial charge in [-0.3, -0.25) is 4.79 Å². The Labute approximate surface area is 112 Å². The molecule has 0 aliphatic heterocycles. The fourth-order valence-electron chi connectivity index (χ4n) is 2.10. The van der Waals surface area contributed by atoms with E-state index in [1.165, 1.54) is 6.07 Å². The highest BCUT2D eigenvalue weighted by molar-refractivity contribution is 5.68. The number of pyridine rings is 1. The Bertz CT molecular complexity index is 628. The molecule has 4 heteroatoms. The van der Waals surface area contributed by atoms with Gasteiger partial charge < -0.3 is 15.0 Å². The molecule has 0 saturated heterocycles. The number of H-pyrrole nitrogens is 1. The molecule has 4 nitrogen and oxygen atoms in total. The molecule has 0 atom stereocenters. The Morgan fingerprint density at radius 3 is 2.37 bits per heavy atom. The van der Waals surface area contributed by atoms with E-state index in [1.807, 2.05) is 50.2 Å². The molecule has 0 bridgehead atoms. The van der Waals surface area contributed by atoms with Crippen LogP contribution in [0.4, 0.5) is 5.69 Å². The summed E-state index contributed by atoms with van der Waals surface area (Å²) >= 11 is 0. The highest BCUT2D eigenvalue weighted by Crippen LogP contribution is 2.28. The Morgan fingerprint density at radius 1 is 1.21 bits per heavy atom. The van der Waals surface area contributed by atoms with E-state index in [2.05, 4.69) is 4.98 Å². The van der Waals surface area contributed by atoms with Gasteiger partial charge in [-0.15, -0.1) is 0 Å². The van der Waals surface area contributed by atoms with Crippen LogP contribution in [0.15, 0.2) is 35.1 Å². The summed E-state index contributed by atoms with van der Waals surface area (Å²) in [6.45, 7) is 1.95. The van der Waals surface area contributed by atoms with Crippen LogP contribution in [-0.4, -0.2) is 24.2 Å². The van der Waals surface area contributed by atoms with E-state index in [1.54, 1.807) is 0 Å². The molecule has 1 aromatic heterocycles. The van der Waals surface area contributed by atoms with Gasteiger partial charge in [0, 0.05) is 31.4 Å². The first-order chi connectivity index (χ1) is 9.02. The summed E-state index contributed by atoms with van der Waals surface area (Å²) in [5.41, 5.74) is 3.15. The maximum Gasteiger partial charge on any atom is 0.252 e. The highest BCUT2D eigenvalue weighted by atomic mass is 16.3. The van der Waals surface area contributed by atoms with E-state index in [9.17, 15) is 9.90 Å².